The van der Waals surface area contributed by atoms with E-state index in [1.165, 1.54) is 25.3 Å². The molecule has 2 aliphatic heterocycles. The van der Waals surface area contributed by atoms with Gasteiger partial charge in [0.25, 0.3) is 11.8 Å². The van der Waals surface area contributed by atoms with Crippen molar-refractivity contribution in [1.29, 1.82) is 0 Å². The summed E-state index contributed by atoms with van der Waals surface area (Å²) < 4.78 is 19.0. The van der Waals surface area contributed by atoms with Crippen molar-refractivity contribution in [3.8, 4) is 11.5 Å². The highest BCUT2D eigenvalue weighted by Crippen LogP contribution is 2.63. The number of amides is 4. The summed E-state index contributed by atoms with van der Waals surface area (Å²) >= 11 is 14.5. The number of rotatable bonds is 8. The number of fused-ring (bicyclic) bond motifs is 4. The average molecular weight is 672 g/mol. The molecule has 2 heterocycles. The maximum atomic E-state index is 14.3. The molecule has 0 bridgehead atoms. The van der Waals surface area contributed by atoms with E-state index in [9.17, 15) is 33.5 Å². The number of benzene rings is 2. The number of carbonyl (C=O) groups excluding carboxylic acids is 4. The van der Waals surface area contributed by atoms with Crippen molar-refractivity contribution >= 4 is 64.6 Å². The normalized spacial score (nSPS) is 30.4. The number of hydrogen-bond acceptors (Lipinski definition) is 7. The van der Waals surface area contributed by atoms with E-state index in [-0.39, 0.29) is 49.4 Å². The number of phenols is 1. The van der Waals surface area contributed by atoms with Gasteiger partial charge in [0.15, 0.2) is 21.2 Å². The number of likely N-dealkylation sites (tertiary alicyclic amines) is 1. The Labute approximate surface area is 273 Å². The molecule has 0 aromatic heterocycles. The Hall–Kier alpha value is -4.22. The zero-order chi connectivity index (χ0) is 33.1. The summed E-state index contributed by atoms with van der Waals surface area (Å²) in [7, 11) is 1.39. The topological polar surface area (TPSA) is 142 Å². The summed E-state index contributed by atoms with van der Waals surface area (Å²) in [6.45, 7) is -0.0632. The summed E-state index contributed by atoms with van der Waals surface area (Å²) in [5, 5.41) is 19.1. The van der Waals surface area contributed by atoms with Crippen LogP contribution >= 0.6 is 23.2 Å². The second-order valence-electron chi connectivity index (χ2n) is 11.9. The molecule has 1 saturated carbocycles. The van der Waals surface area contributed by atoms with Crippen LogP contribution in [0.1, 0.15) is 31.2 Å². The molecular formula is C33H29Cl2FN2O8. The number of carboxylic acids is 1. The van der Waals surface area contributed by atoms with Crippen LogP contribution in [0.15, 0.2) is 60.2 Å². The number of carbonyl (C=O) groups is 5. The Morgan fingerprint density at radius 3 is 2.46 bits per heavy atom. The highest BCUT2D eigenvalue weighted by atomic mass is 35.5. The third-order valence-electron chi connectivity index (χ3n) is 9.50. The number of ether oxygens (including phenoxy) is 1. The number of hydrogen-bond donors (Lipinski definition) is 2. The van der Waals surface area contributed by atoms with Crippen LogP contribution in [0.5, 0.6) is 11.5 Å². The van der Waals surface area contributed by atoms with Gasteiger partial charge in [-0.25, -0.2) is 9.29 Å². The molecule has 2 aromatic rings. The van der Waals surface area contributed by atoms with E-state index < -0.39 is 68.8 Å². The number of carboxylic acid groups (broad SMARTS) is 1. The van der Waals surface area contributed by atoms with Gasteiger partial charge in [0.05, 0.1) is 24.6 Å². The van der Waals surface area contributed by atoms with Crippen LogP contribution in [0.4, 0.5) is 10.1 Å². The molecule has 10 nitrogen and oxygen atoms in total. The molecule has 2 saturated heterocycles. The number of halogens is 3. The summed E-state index contributed by atoms with van der Waals surface area (Å²) in [4.78, 5) is 64.5. The van der Waals surface area contributed by atoms with E-state index in [1.807, 2.05) is 0 Å². The molecule has 240 valence electrons. The highest BCUT2D eigenvalue weighted by Gasteiger charge is 2.76. The lowest BCUT2D eigenvalue weighted by atomic mass is 9.57. The molecule has 0 spiro atoms. The van der Waals surface area contributed by atoms with Gasteiger partial charge in [0, 0.05) is 18.9 Å². The summed E-state index contributed by atoms with van der Waals surface area (Å²) in [6.07, 6.45) is 4.85. The number of aromatic hydroxyl groups is 1. The van der Waals surface area contributed by atoms with Crippen LogP contribution in [-0.4, -0.2) is 68.1 Å². The first-order valence-electron chi connectivity index (χ1n) is 14.7. The van der Waals surface area contributed by atoms with Crippen molar-refractivity contribution in [2.24, 2.45) is 23.7 Å². The fraction of sp³-hybridized carbons (Fsp3) is 0.364. The molecule has 0 unspecified atom stereocenters. The van der Waals surface area contributed by atoms with Crippen LogP contribution in [0.25, 0.3) is 6.08 Å². The maximum absolute atomic E-state index is 14.3. The third-order valence-corrected chi connectivity index (χ3v) is 10.9. The van der Waals surface area contributed by atoms with E-state index in [4.69, 9.17) is 33.0 Å². The number of alkyl halides is 2. The number of aliphatic carboxylic acids is 1. The molecular weight excluding hydrogens is 642 g/mol. The SMILES string of the molecule is COc1cc(C=C[C@H]2C3=CC[C@@H]4C(=O)N(CCCC(=O)O)C(=O)[C@@H]4[C@@H]3C[C@@]3(Cl)C(=O)N(c4ccc(F)cc4)C(=O)[C@@]23Cl)ccc1O. The van der Waals surface area contributed by atoms with Crippen LogP contribution < -0.4 is 9.64 Å². The van der Waals surface area contributed by atoms with Gasteiger partial charge < -0.3 is 14.9 Å². The van der Waals surface area contributed by atoms with Crippen molar-refractivity contribution in [2.45, 2.75) is 35.4 Å². The van der Waals surface area contributed by atoms with Crippen molar-refractivity contribution < 1.29 is 43.3 Å². The maximum Gasteiger partial charge on any atom is 0.303 e. The van der Waals surface area contributed by atoms with Crippen molar-refractivity contribution in [3.05, 3.63) is 71.6 Å². The van der Waals surface area contributed by atoms with Crippen molar-refractivity contribution in [3.63, 3.8) is 0 Å². The molecule has 2 aliphatic carbocycles. The molecule has 6 atom stereocenters. The van der Waals surface area contributed by atoms with Gasteiger partial charge in [0.2, 0.25) is 11.8 Å². The summed E-state index contributed by atoms with van der Waals surface area (Å²) in [5.74, 6) is -7.51. The fourth-order valence-corrected chi connectivity index (χ4v) is 8.22. The molecule has 0 radical (unpaired) electrons. The first-order valence-corrected chi connectivity index (χ1v) is 15.4. The van der Waals surface area contributed by atoms with Gasteiger partial charge in [0.1, 0.15) is 5.82 Å². The van der Waals surface area contributed by atoms with Crippen LogP contribution in [0.3, 0.4) is 0 Å². The molecule has 4 amide bonds. The van der Waals surface area contributed by atoms with Crippen LogP contribution in [-0.2, 0) is 24.0 Å². The molecule has 3 fully saturated rings. The van der Waals surface area contributed by atoms with E-state index in [0.717, 1.165) is 21.9 Å². The lowest BCUT2D eigenvalue weighted by Gasteiger charge is -2.49. The second kappa shape index (κ2) is 11.5. The fourth-order valence-electron chi connectivity index (χ4n) is 7.33. The Morgan fingerprint density at radius 1 is 1.07 bits per heavy atom. The van der Waals surface area contributed by atoms with Crippen LogP contribution in [0, 0.1) is 29.5 Å². The quantitative estimate of drug-likeness (QED) is 0.237. The van der Waals surface area contributed by atoms with Crippen molar-refractivity contribution in [2.75, 3.05) is 18.6 Å². The molecule has 2 aromatic carbocycles. The predicted octanol–water partition coefficient (Wildman–Crippen LogP) is 4.51. The molecule has 46 heavy (non-hydrogen) atoms. The number of phenolic OH excluding ortho intramolecular Hbond substituents is 1. The first kappa shape index (κ1) is 31.7. The minimum Gasteiger partial charge on any atom is -0.504 e. The van der Waals surface area contributed by atoms with Gasteiger partial charge in [-0.05, 0) is 67.1 Å². The zero-order valence-corrected chi connectivity index (χ0v) is 26.0. The van der Waals surface area contributed by atoms with Gasteiger partial charge >= 0.3 is 5.97 Å². The molecule has 2 N–H and O–H groups in total. The Morgan fingerprint density at radius 2 is 1.78 bits per heavy atom. The minimum absolute atomic E-state index is 0.0632. The standard InChI is InChI=1S/C33H29Cl2FN2O8/c1-46-25-15-17(5-13-24(25)39)4-12-23-20-10-11-21-27(29(43)37(28(21)42)14-2-3-26(40)41)22(20)16-32(34)30(44)38(31(45)33(23,32)35)19-8-6-18(36)7-9-19/h4-10,12-13,15,21-23,27,39H,2-3,11,14,16H2,1H3,(H,40,41)/t21-,22+,23-,27-,32+,33-/m0/s1. The number of nitrogens with zero attached hydrogens (tertiary/aromatic N) is 2. The van der Waals surface area contributed by atoms with E-state index in [2.05, 4.69) is 0 Å². The Balaban J connectivity index is 1.45. The van der Waals surface area contributed by atoms with Gasteiger partial charge in [-0.15, -0.1) is 23.2 Å². The largest absolute Gasteiger partial charge is 0.504 e. The van der Waals surface area contributed by atoms with Gasteiger partial charge in [-0.2, -0.15) is 0 Å². The highest BCUT2D eigenvalue weighted by molar-refractivity contribution is 6.58. The Kier molecular flexibility index (Phi) is 7.97. The smallest absolute Gasteiger partial charge is 0.303 e. The number of allylic oxidation sites excluding steroid dienone is 3. The summed E-state index contributed by atoms with van der Waals surface area (Å²) in [5.41, 5.74) is 1.21. The zero-order valence-electron chi connectivity index (χ0n) is 24.5. The summed E-state index contributed by atoms with van der Waals surface area (Å²) in [6, 6.07) is 9.34. The monoisotopic (exact) mass is 670 g/mol. The lowest BCUT2D eigenvalue weighted by molar-refractivity contribution is -0.142. The predicted molar refractivity (Wildman–Crippen MR) is 165 cm³/mol. The van der Waals surface area contributed by atoms with Gasteiger partial charge in [-0.3, -0.25) is 28.9 Å². The number of imide groups is 2. The second-order valence-corrected chi connectivity index (χ2v) is 13.2. The molecule has 6 rings (SSSR count). The lowest BCUT2D eigenvalue weighted by Crippen LogP contribution is -2.60. The molecule has 13 heteroatoms. The minimum atomic E-state index is -2.07. The van der Waals surface area contributed by atoms with Gasteiger partial charge in [-0.1, -0.05) is 29.9 Å². The number of anilines is 1. The van der Waals surface area contributed by atoms with E-state index >= 15 is 0 Å². The Bertz CT molecular complexity index is 1730. The average Bonchev–Trinajstić information content (AvgIpc) is 3.35. The van der Waals surface area contributed by atoms with E-state index in [0.29, 0.717) is 11.1 Å². The first-order chi connectivity index (χ1) is 21.8. The van der Waals surface area contributed by atoms with E-state index in [1.54, 1.807) is 30.4 Å². The number of methoxy groups -OCH3 is 1. The van der Waals surface area contributed by atoms with Crippen LogP contribution in [0.2, 0.25) is 0 Å². The molecule has 4 aliphatic rings. The third kappa shape index (κ3) is 4.70. The van der Waals surface area contributed by atoms with Crippen molar-refractivity contribution in [1.82, 2.24) is 4.90 Å².